The molecular weight excluding hydrogens is 341 g/mol. The molecule has 0 saturated carbocycles. The van der Waals surface area contributed by atoms with E-state index in [0.29, 0.717) is 0 Å². The van der Waals surface area contributed by atoms with Gasteiger partial charge in [0, 0.05) is 0 Å². The van der Waals surface area contributed by atoms with Crippen molar-refractivity contribution in [2.24, 2.45) is 0 Å². The van der Waals surface area contributed by atoms with Crippen LogP contribution in [-0.2, 0) is 14.8 Å². The Labute approximate surface area is 139 Å². The molecule has 2 rings (SSSR count). The summed E-state index contributed by atoms with van der Waals surface area (Å²) in [6, 6.07) is 9.98. The summed E-state index contributed by atoms with van der Waals surface area (Å²) in [5.41, 5.74) is 0.926. The highest BCUT2D eigenvalue weighted by molar-refractivity contribution is 7.93. The molecule has 0 aliphatic carbocycles. The number of carbonyl (C=O) groups is 1. The van der Waals surface area contributed by atoms with Crippen molar-refractivity contribution in [1.82, 2.24) is 0 Å². The van der Waals surface area contributed by atoms with Gasteiger partial charge in [0.1, 0.15) is 11.9 Å². The summed E-state index contributed by atoms with van der Waals surface area (Å²) in [4.78, 5) is 11.5. The third-order valence-electron chi connectivity index (χ3n) is 3.32. The van der Waals surface area contributed by atoms with Gasteiger partial charge in [-0.2, -0.15) is 0 Å². The molecule has 0 heterocycles. The largest absolute Gasteiger partial charge is 0.279 e. The Morgan fingerprint density at radius 3 is 2.30 bits per heavy atom. The number of carbonyl (C=O) groups excluding carboxylic acids is 1. The molecule has 0 N–H and O–H groups in total. The average molecular weight is 356 g/mol. The van der Waals surface area contributed by atoms with E-state index in [0.717, 1.165) is 15.9 Å². The fourth-order valence-electron chi connectivity index (χ4n) is 2.10. The smallest absolute Gasteiger partial charge is 0.265 e. The maximum Gasteiger partial charge on any atom is 0.265 e. The van der Waals surface area contributed by atoms with Gasteiger partial charge in [0.15, 0.2) is 0 Å². The Bertz CT molecular complexity index is 821. The van der Waals surface area contributed by atoms with E-state index in [4.69, 9.17) is 11.6 Å². The van der Waals surface area contributed by atoms with E-state index < -0.39 is 27.1 Å². The quantitative estimate of drug-likeness (QED) is 0.771. The summed E-state index contributed by atoms with van der Waals surface area (Å²) in [7, 11) is -4.07. The Kier molecular flexibility index (Phi) is 5.06. The highest BCUT2D eigenvalue weighted by Gasteiger charge is 2.32. The molecule has 7 heteroatoms. The number of halogens is 2. The van der Waals surface area contributed by atoms with Crippen LogP contribution in [0.4, 0.5) is 10.1 Å². The summed E-state index contributed by atoms with van der Waals surface area (Å²) in [5.74, 6) is -0.610. The van der Waals surface area contributed by atoms with Crippen LogP contribution in [0.1, 0.15) is 12.5 Å². The minimum atomic E-state index is -4.07. The van der Waals surface area contributed by atoms with Gasteiger partial charge in [0.05, 0.1) is 10.6 Å². The van der Waals surface area contributed by atoms with Crippen LogP contribution in [0.25, 0.3) is 0 Å². The van der Waals surface area contributed by atoms with Crippen LogP contribution in [0.15, 0.2) is 53.4 Å². The first-order valence-corrected chi connectivity index (χ1v) is 8.61. The van der Waals surface area contributed by atoms with Gasteiger partial charge in [-0.05, 0) is 55.8 Å². The molecule has 2 aromatic rings. The number of nitrogens with zero attached hydrogens (tertiary/aromatic N) is 1. The van der Waals surface area contributed by atoms with E-state index in [2.05, 4.69) is 0 Å². The lowest BCUT2D eigenvalue weighted by Crippen LogP contribution is -2.42. The fourth-order valence-corrected chi connectivity index (χ4v) is 3.87. The first-order valence-electron chi connectivity index (χ1n) is 6.79. The highest BCUT2D eigenvalue weighted by Crippen LogP contribution is 2.27. The van der Waals surface area contributed by atoms with E-state index in [1.165, 1.54) is 37.3 Å². The first-order chi connectivity index (χ1) is 10.7. The standard InChI is InChI=1S/C16H15ClFNO3S/c1-11-6-8-15(9-7-11)23(21,22)19(12(2)16(17)20)14-5-3-4-13(18)10-14/h3-10,12H,1-2H3. The van der Waals surface area contributed by atoms with Crippen molar-refractivity contribution < 1.29 is 17.6 Å². The van der Waals surface area contributed by atoms with Crippen LogP contribution in [0.5, 0.6) is 0 Å². The number of benzene rings is 2. The van der Waals surface area contributed by atoms with Gasteiger partial charge < -0.3 is 0 Å². The molecule has 0 aliphatic rings. The van der Waals surface area contributed by atoms with Crippen LogP contribution in [-0.4, -0.2) is 19.7 Å². The van der Waals surface area contributed by atoms with Crippen molar-refractivity contribution in [3.8, 4) is 0 Å². The summed E-state index contributed by atoms with van der Waals surface area (Å²) in [5, 5.41) is -0.857. The first kappa shape index (κ1) is 17.4. The van der Waals surface area contributed by atoms with Crippen LogP contribution in [0.3, 0.4) is 0 Å². The topological polar surface area (TPSA) is 54.5 Å². The Balaban J connectivity index is 2.61. The third kappa shape index (κ3) is 3.71. The van der Waals surface area contributed by atoms with E-state index in [-0.39, 0.29) is 10.6 Å². The van der Waals surface area contributed by atoms with E-state index in [1.807, 2.05) is 6.92 Å². The zero-order valence-corrected chi connectivity index (χ0v) is 14.1. The zero-order chi connectivity index (χ0) is 17.2. The predicted octanol–water partition coefficient (Wildman–Crippen LogP) is 3.48. The van der Waals surface area contributed by atoms with Gasteiger partial charge in [0.2, 0.25) is 5.24 Å². The molecule has 2 aromatic carbocycles. The summed E-state index contributed by atoms with van der Waals surface area (Å²) < 4.78 is 40.1. The molecule has 1 atom stereocenters. The summed E-state index contributed by atoms with van der Waals surface area (Å²) in [6.07, 6.45) is 0. The Hall–Kier alpha value is -1.92. The minimum absolute atomic E-state index is 0.00266. The Morgan fingerprint density at radius 1 is 1.17 bits per heavy atom. The van der Waals surface area contributed by atoms with Crippen molar-refractivity contribution in [3.63, 3.8) is 0 Å². The number of sulfonamides is 1. The van der Waals surface area contributed by atoms with Crippen molar-refractivity contribution in [2.45, 2.75) is 24.8 Å². The Morgan fingerprint density at radius 2 is 1.78 bits per heavy atom. The molecule has 0 saturated heterocycles. The molecule has 0 amide bonds. The highest BCUT2D eigenvalue weighted by atomic mass is 35.5. The molecule has 23 heavy (non-hydrogen) atoms. The van der Waals surface area contributed by atoms with Crippen LogP contribution >= 0.6 is 11.6 Å². The van der Waals surface area contributed by atoms with Gasteiger partial charge in [-0.3, -0.25) is 9.10 Å². The number of aryl methyl sites for hydroxylation is 1. The lowest BCUT2D eigenvalue weighted by atomic mass is 10.2. The number of hydrogen-bond donors (Lipinski definition) is 0. The summed E-state index contributed by atoms with van der Waals surface area (Å²) in [6.45, 7) is 3.18. The molecule has 122 valence electrons. The predicted molar refractivity (Wildman–Crippen MR) is 87.6 cm³/mol. The monoisotopic (exact) mass is 355 g/mol. The van der Waals surface area contributed by atoms with Gasteiger partial charge in [0.25, 0.3) is 10.0 Å². The lowest BCUT2D eigenvalue weighted by molar-refractivity contribution is -0.112. The minimum Gasteiger partial charge on any atom is -0.279 e. The number of hydrogen-bond acceptors (Lipinski definition) is 3. The lowest BCUT2D eigenvalue weighted by Gasteiger charge is -2.28. The van der Waals surface area contributed by atoms with Gasteiger partial charge in [-0.15, -0.1) is 0 Å². The molecule has 0 spiro atoms. The van der Waals surface area contributed by atoms with Crippen molar-refractivity contribution in [1.29, 1.82) is 0 Å². The number of rotatable bonds is 5. The zero-order valence-electron chi connectivity index (χ0n) is 12.5. The van der Waals surface area contributed by atoms with Gasteiger partial charge in [-0.1, -0.05) is 23.8 Å². The number of anilines is 1. The van der Waals surface area contributed by atoms with Gasteiger partial charge in [-0.25, -0.2) is 12.8 Å². The molecule has 0 aliphatic heterocycles. The SMILES string of the molecule is Cc1ccc(S(=O)(=O)N(c2cccc(F)c2)C(C)C(=O)Cl)cc1. The van der Waals surface area contributed by atoms with Crippen molar-refractivity contribution in [3.05, 3.63) is 59.9 Å². The fraction of sp³-hybridized carbons (Fsp3) is 0.188. The maximum absolute atomic E-state index is 13.5. The van der Waals surface area contributed by atoms with Crippen LogP contribution in [0.2, 0.25) is 0 Å². The van der Waals surface area contributed by atoms with E-state index >= 15 is 0 Å². The molecule has 0 aromatic heterocycles. The molecule has 0 fully saturated rings. The molecule has 0 bridgehead atoms. The second kappa shape index (κ2) is 6.68. The van der Waals surface area contributed by atoms with Gasteiger partial charge >= 0.3 is 0 Å². The molecule has 4 nitrogen and oxygen atoms in total. The van der Waals surface area contributed by atoms with Crippen molar-refractivity contribution in [2.75, 3.05) is 4.31 Å². The van der Waals surface area contributed by atoms with E-state index in [1.54, 1.807) is 12.1 Å². The third-order valence-corrected chi connectivity index (χ3v) is 5.55. The molecular formula is C16H15ClFNO3S. The maximum atomic E-state index is 13.5. The van der Waals surface area contributed by atoms with Crippen LogP contribution in [0, 0.1) is 12.7 Å². The van der Waals surface area contributed by atoms with E-state index in [9.17, 15) is 17.6 Å². The van der Waals surface area contributed by atoms with Crippen LogP contribution < -0.4 is 4.31 Å². The second-order valence-corrected chi connectivity index (χ2v) is 7.26. The normalized spacial score (nSPS) is 12.7. The summed E-state index contributed by atoms with van der Waals surface area (Å²) >= 11 is 5.49. The second-order valence-electron chi connectivity index (χ2n) is 5.07. The molecule has 0 radical (unpaired) electrons. The molecule has 1 unspecified atom stereocenters. The average Bonchev–Trinajstić information content (AvgIpc) is 2.47. The van der Waals surface area contributed by atoms with Crippen molar-refractivity contribution >= 4 is 32.6 Å².